The van der Waals surface area contributed by atoms with Crippen LogP contribution in [0.5, 0.6) is 0 Å². The molecular weight excluding hydrogens is 580 g/mol. The number of nitrogens with two attached hydrogens (primary N) is 2. The van der Waals surface area contributed by atoms with E-state index in [1.807, 2.05) is 98.8 Å². The number of ether oxygens (including phenoxy) is 1. The molecule has 3 aromatic rings. The molecule has 1 heterocycles. The van der Waals surface area contributed by atoms with Crippen molar-refractivity contribution in [2.24, 2.45) is 16.9 Å². The molecule has 1 saturated heterocycles. The molecule has 1 aliphatic heterocycles. The Labute approximate surface area is 271 Å². The van der Waals surface area contributed by atoms with E-state index in [0.717, 1.165) is 22.3 Å². The molecule has 0 saturated carbocycles. The van der Waals surface area contributed by atoms with Crippen LogP contribution in [0.25, 0.3) is 11.1 Å². The summed E-state index contributed by atoms with van der Waals surface area (Å²) in [6.45, 7) is 4.26. The highest BCUT2D eigenvalue weighted by Gasteiger charge is 2.45. The lowest BCUT2D eigenvalue weighted by Crippen LogP contribution is -2.55. The van der Waals surface area contributed by atoms with E-state index in [1.165, 1.54) is 11.0 Å². The minimum absolute atomic E-state index is 0.216. The minimum Gasteiger partial charge on any atom is -0.376 e. The second-order valence-corrected chi connectivity index (χ2v) is 12.8. The van der Waals surface area contributed by atoms with Crippen molar-refractivity contribution in [1.29, 1.82) is 0 Å². The number of carbonyl (C=O) groups is 4. The summed E-state index contributed by atoms with van der Waals surface area (Å²) in [7, 11) is 1.63. The van der Waals surface area contributed by atoms with Crippen LogP contribution in [0.1, 0.15) is 44.2 Å². The molecule has 0 aliphatic carbocycles. The Hall–Kier alpha value is -4.76. The smallest absolute Gasteiger partial charge is 0.376 e. The average Bonchev–Trinajstić information content (AvgIpc) is 3.03. The van der Waals surface area contributed by atoms with E-state index in [9.17, 15) is 19.2 Å². The fraction of sp³-hybridized carbons (Fsp3) is 0.351. The van der Waals surface area contributed by atoms with Crippen molar-refractivity contribution in [3.63, 3.8) is 0 Å². The maximum atomic E-state index is 14.2. The fourth-order valence-electron chi connectivity index (χ4n) is 5.82. The summed E-state index contributed by atoms with van der Waals surface area (Å²) in [5.74, 6) is -1.21. The van der Waals surface area contributed by atoms with Crippen LogP contribution in [0.3, 0.4) is 0 Å². The van der Waals surface area contributed by atoms with E-state index in [4.69, 9.17) is 16.2 Å². The zero-order valence-corrected chi connectivity index (χ0v) is 26.9. The average molecular weight is 625 g/mol. The largest absolute Gasteiger partial charge is 0.412 e. The number of esters is 1. The van der Waals surface area contributed by atoms with Crippen LogP contribution in [0, 0.1) is 5.41 Å². The number of amides is 3. The molecule has 4 N–H and O–H groups in total. The van der Waals surface area contributed by atoms with Gasteiger partial charge in [-0.15, -0.1) is 0 Å². The van der Waals surface area contributed by atoms with E-state index in [0.29, 0.717) is 19.3 Å². The second-order valence-electron chi connectivity index (χ2n) is 12.8. The summed E-state index contributed by atoms with van der Waals surface area (Å²) in [4.78, 5) is 55.4. The van der Waals surface area contributed by atoms with E-state index >= 15 is 0 Å². The standard InChI is InChI=1S/C37H44N4O5/c1-36(2,39)20-10-15-32(42)40(3)31(25-27-16-18-30(19-17-27)29-13-8-5-9-14-29)33(43)41-23-21-37(22-24-41,34(44)46-35(38)45)26-28-11-6-4-7-12-28/h4-19,31H,20-26,39H2,1-3H3,(H2,38,45). The molecule has 242 valence electrons. The summed E-state index contributed by atoms with van der Waals surface area (Å²) in [6, 6.07) is 26.7. The Morgan fingerprint density at radius 3 is 2.02 bits per heavy atom. The van der Waals surface area contributed by atoms with E-state index < -0.39 is 29.1 Å². The summed E-state index contributed by atoms with van der Waals surface area (Å²) >= 11 is 0. The van der Waals surface area contributed by atoms with Crippen LogP contribution in [-0.2, 0) is 32.0 Å². The number of benzene rings is 3. The Bertz CT molecular complexity index is 1520. The predicted octanol–water partition coefficient (Wildman–Crippen LogP) is 4.88. The quantitative estimate of drug-likeness (QED) is 0.177. The number of likely N-dealkylation sites (N-methyl/N-ethyl adjacent to an activating group) is 1. The van der Waals surface area contributed by atoms with E-state index in [2.05, 4.69) is 0 Å². The van der Waals surface area contributed by atoms with Gasteiger partial charge in [-0.25, -0.2) is 4.79 Å². The molecule has 1 aliphatic rings. The number of primary amides is 1. The Balaban J connectivity index is 1.55. The molecular formula is C37H44N4O5. The Morgan fingerprint density at radius 2 is 1.46 bits per heavy atom. The first kappa shape index (κ1) is 34.1. The maximum Gasteiger partial charge on any atom is 0.412 e. The zero-order chi connectivity index (χ0) is 33.3. The molecule has 9 nitrogen and oxygen atoms in total. The molecule has 0 spiro atoms. The number of carbonyl (C=O) groups excluding carboxylic acids is 4. The van der Waals surface area contributed by atoms with Gasteiger partial charge in [-0.2, -0.15) is 0 Å². The lowest BCUT2D eigenvalue weighted by Gasteiger charge is -2.41. The lowest BCUT2D eigenvalue weighted by atomic mass is 9.73. The summed E-state index contributed by atoms with van der Waals surface area (Å²) in [6.07, 6.45) is 3.76. The van der Waals surface area contributed by atoms with Gasteiger partial charge < -0.3 is 26.0 Å². The first-order valence-corrected chi connectivity index (χ1v) is 15.6. The molecule has 3 amide bonds. The molecule has 0 radical (unpaired) electrons. The number of rotatable bonds is 11. The normalized spacial score (nSPS) is 15.3. The van der Waals surface area contributed by atoms with Crippen molar-refractivity contribution in [3.05, 3.63) is 108 Å². The van der Waals surface area contributed by atoms with Crippen LogP contribution >= 0.6 is 0 Å². The molecule has 1 atom stereocenters. The first-order chi connectivity index (χ1) is 21.9. The molecule has 0 aromatic heterocycles. The van der Waals surface area contributed by atoms with Crippen LogP contribution in [0.15, 0.2) is 97.1 Å². The number of piperidine rings is 1. The predicted molar refractivity (Wildman–Crippen MR) is 178 cm³/mol. The topological polar surface area (TPSA) is 136 Å². The third-order valence-corrected chi connectivity index (χ3v) is 8.54. The Morgan fingerprint density at radius 1 is 0.891 bits per heavy atom. The van der Waals surface area contributed by atoms with Crippen molar-refractivity contribution in [3.8, 4) is 11.1 Å². The van der Waals surface area contributed by atoms with E-state index in [-0.39, 0.29) is 37.7 Å². The van der Waals surface area contributed by atoms with Gasteiger partial charge in [0.05, 0.1) is 5.41 Å². The lowest BCUT2D eigenvalue weighted by molar-refractivity contribution is -0.155. The molecule has 3 aromatic carbocycles. The highest BCUT2D eigenvalue weighted by molar-refractivity contribution is 5.93. The summed E-state index contributed by atoms with van der Waals surface area (Å²) in [5.41, 5.74) is 13.8. The number of nitrogens with zero attached hydrogens (tertiary/aromatic N) is 2. The molecule has 0 bridgehead atoms. The number of likely N-dealkylation sites (tertiary alicyclic amines) is 1. The highest BCUT2D eigenvalue weighted by atomic mass is 16.6. The van der Waals surface area contributed by atoms with Gasteiger partial charge in [-0.3, -0.25) is 14.4 Å². The van der Waals surface area contributed by atoms with Gasteiger partial charge in [0.2, 0.25) is 11.8 Å². The number of hydrogen-bond acceptors (Lipinski definition) is 6. The Kier molecular flexibility index (Phi) is 11.1. The van der Waals surface area contributed by atoms with Gasteiger partial charge in [0, 0.05) is 32.1 Å². The third kappa shape index (κ3) is 9.14. The van der Waals surface area contributed by atoms with Gasteiger partial charge in [0.15, 0.2) is 0 Å². The van der Waals surface area contributed by atoms with Crippen LogP contribution in [0.2, 0.25) is 0 Å². The van der Waals surface area contributed by atoms with Crippen LogP contribution in [-0.4, -0.2) is 65.4 Å². The van der Waals surface area contributed by atoms with Crippen LogP contribution in [0.4, 0.5) is 4.79 Å². The summed E-state index contributed by atoms with van der Waals surface area (Å²) in [5, 5.41) is 0. The van der Waals surface area contributed by atoms with Crippen molar-refractivity contribution >= 4 is 23.9 Å². The van der Waals surface area contributed by atoms with Crippen molar-refractivity contribution in [2.45, 2.75) is 57.5 Å². The molecule has 1 fully saturated rings. The van der Waals surface area contributed by atoms with Gasteiger partial charge >= 0.3 is 12.1 Å². The highest BCUT2D eigenvalue weighted by Crippen LogP contribution is 2.37. The van der Waals surface area contributed by atoms with Crippen molar-refractivity contribution in [2.75, 3.05) is 20.1 Å². The molecule has 9 heteroatoms. The fourth-order valence-corrected chi connectivity index (χ4v) is 5.82. The third-order valence-electron chi connectivity index (χ3n) is 8.54. The summed E-state index contributed by atoms with van der Waals surface area (Å²) < 4.78 is 4.89. The zero-order valence-electron chi connectivity index (χ0n) is 26.9. The number of hydrogen-bond donors (Lipinski definition) is 2. The minimum atomic E-state index is -1.15. The second kappa shape index (κ2) is 15.0. The van der Waals surface area contributed by atoms with Gasteiger partial charge in [-0.1, -0.05) is 91.0 Å². The van der Waals surface area contributed by atoms with E-state index in [1.54, 1.807) is 18.0 Å². The molecule has 4 rings (SSSR count). The molecule has 1 unspecified atom stereocenters. The van der Waals surface area contributed by atoms with Gasteiger partial charge in [-0.05, 0) is 67.9 Å². The van der Waals surface area contributed by atoms with Gasteiger partial charge in [0.25, 0.3) is 0 Å². The van der Waals surface area contributed by atoms with Gasteiger partial charge in [0.1, 0.15) is 6.04 Å². The first-order valence-electron chi connectivity index (χ1n) is 15.6. The monoisotopic (exact) mass is 624 g/mol. The van der Waals surface area contributed by atoms with Crippen LogP contribution < -0.4 is 11.5 Å². The maximum absolute atomic E-state index is 14.2. The molecule has 46 heavy (non-hydrogen) atoms. The van der Waals surface area contributed by atoms with Crippen molar-refractivity contribution in [1.82, 2.24) is 9.80 Å². The van der Waals surface area contributed by atoms with Crippen molar-refractivity contribution < 1.29 is 23.9 Å². The SMILES string of the molecule is CN(C(=O)C=CCC(C)(C)N)C(Cc1ccc(-c2ccccc2)cc1)C(=O)N1CCC(Cc2ccccc2)(C(=O)OC(N)=O)CC1.